The average molecular weight is 334 g/mol. The van der Waals surface area contributed by atoms with Crippen LogP contribution in [0.4, 0.5) is 4.79 Å². The summed E-state index contributed by atoms with van der Waals surface area (Å²) < 4.78 is 10.7. The molecule has 2 aliphatic heterocycles. The van der Waals surface area contributed by atoms with E-state index < -0.39 is 6.04 Å². The van der Waals surface area contributed by atoms with Crippen molar-refractivity contribution in [3.8, 4) is 11.5 Å². The highest BCUT2D eigenvalue weighted by Crippen LogP contribution is 2.35. The zero-order valence-electron chi connectivity index (χ0n) is 13.9. The number of benzene rings is 1. The zero-order valence-corrected chi connectivity index (χ0v) is 13.9. The van der Waals surface area contributed by atoms with Gasteiger partial charge in [0.25, 0.3) is 0 Å². The fourth-order valence-corrected chi connectivity index (χ4v) is 2.90. The van der Waals surface area contributed by atoms with E-state index in [0.717, 1.165) is 5.56 Å². The van der Waals surface area contributed by atoms with Crippen LogP contribution in [0, 0.1) is 0 Å². The fraction of sp³-hybridized carbons (Fsp3) is 0.500. The largest absolute Gasteiger partial charge is 0.454 e. The predicted octanol–water partition coefficient (Wildman–Crippen LogP) is 0.159. The number of hydrogen-bond acceptors (Lipinski definition) is 5. The average Bonchev–Trinajstić information content (AvgIpc) is 3.16. The minimum absolute atomic E-state index is 0.0795. The van der Waals surface area contributed by atoms with E-state index in [1.807, 2.05) is 37.2 Å². The summed E-state index contributed by atoms with van der Waals surface area (Å²) in [5.74, 6) is 1.23. The van der Waals surface area contributed by atoms with Gasteiger partial charge in [-0.1, -0.05) is 6.07 Å². The lowest BCUT2D eigenvalue weighted by Crippen LogP contribution is -2.41. The van der Waals surface area contributed by atoms with Gasteiger partial charge in [-0.15, -0.1) is 0 Å². The number of fused-ring (bicyclic) bond motifs is 1. The van der Waals surface area contributed by atoms with Gasteiger partial charge in [-0.05, 0) is 31.8 Å². The van der Waals surface area contributed by atoms with Gasteiger partial charge in [0.1, 0.15) is 6.04 Å². The molecule has 8 nitrogen and oxygen atoms in total. The molecule has 3 rings (SSSR count). The van der Waals surface area contributed by atoms with Crippen molar-refractivity contribution in [3.63, 3.8) is 0 Å². The van der Waals surface area contributed by atoms with Crippen LogP contribution in [0.3, 0.4) is 0 Å². The van der Waals surface area contributed by atoms with Gasteiger partial charge >= 0.3 is 6.03 Å². The molecule has 2 aliphatic rings. The summed E-state index contributed by atoms with van der Waals surface area (Å²) in [6.45, 7) is 2.45. The van der Waals surface area contributed by atoms with Crippen LogP contribution in [0.1, 0.15) is 11.6 Å². The SMILES string of the molecule is CN(C)[C@H](C(=O)NCCN1CCNC1=O)c1ccc2c(c1)OCO2. The molecule has 0 aromatic heterocycles. The van der Waals surface area contributed by atoms with Crippen molar-refractivity contribution in [2.24, 2.45) is 0 Å². The number of likely N-dealkylation sites (N-methyl/N-ethyl adjacent to an activating group) is 1. The molecule has 24 heavy (non-hydrogen) atoms. The second-order valence-corrected chi connectivity index (χ2v) is 5.99. The quantitative estimate of drug-likeness (QED) is 0.774. The van der Waals surface area contributed by atoms with Crippen molar-refractivity contribution < 1.29 is 19.1 Å². The molecule has 1 aromatic carbocycles. The van der Waals surface area contributed by atoms with Crippen molar-refractivity contribution in [1.82, 2.24) is 20.4 Å². The second kappa shape index (κ2) is 6.96. The normalized spacial score (nSPS) is 17.1. The van der Waals surface area contributed by atoms with Gasteiger partial charge in [-0.25, -0.2) is 4.79 Å². The second-order valence-electron chi connectivity index (χ2n) is 5.99. The van der Waals surface area contributed by atoms with Gasteiger partial charge in [-0.3, -0.25) is 9.69 Å². The maximum absolute atomic E-state index is 12.6. The van der Waals surface area contributed by atoms with Gasteiger partial charge in [0.05, 0.1) is 0 Å². The Labute approximate surface area is 140 Å². The van der Waals surface area contributed by atoms with E-state index in [4.69, 9.17) is 9.47 Å². The van der Waals surface area contributed by atoms with E-state index in [1.165, 1.54) is 0 Å². The molecule has 0 bridgehead atoms. The number of hydrogen-bond donors (Lipinski definition) is 2. The molecule has 1 aromatic rings. The minimum atomic E-state index is -0.438. The van der Waals surface area contributed by atoms with E-state index in [1.54, 1.807) is 4.90 Å². The topological polar surface area (TPSA) is 83.1 Å². The minimum Gasteiger partial charge on any atom is -0.454 e. The molecule has 0 radical (unpaired) electrons. The van der Waals surface area contributed by atoms with Crippen LogP contribution < -0.4 is 20.1 Å². The molecule has 1 saturated heterocycles. The van der Waals surface area contributed by atoms with Crippen molar-refractivity contribution in [3.05, 3.63) is 23.8 Å². The Kier molecular flexibility index (Phi) is 4.75. The monoisotopic (exact) mass is 334 g/mol. The predicted molar refractivity (Wildman–Crippen MR) is 87.0 cm³/mol. The van der Waals surface area contributed by atoms with Crippen LogP contribution in [-0.2, 0) is 4.79 Å². The summed E-state index contributed by atoms with van der Waals surface area (Å²) in [4.78, 5) is 27.6. The summed E-state index contributed by atoms with van der Waals surface area (Å²) in [7, 11) is 3.70. The molecular weight excluding hydrogens is 312 g/mol. The van der Waals surface area contributed by atoms with E-state index in [9.17, 15) is 9.59 Å². The molecule has 130 valence electrons. The van der Waals surface area contributed by atoms with Crippen LogP contribution >= 0.6 is 0 Å². The van der Waals surface area contributed by atoms with Gasteiger partial charge < -0.3 is 25.0 Å². The number of nitrogens with one attached hydrogen (secondary N) is 2. The number of amides is 3. The number of urea groups is 1. The lowest BCUT2D eigenvalue weighted by Gasteiger charge is -2.24. The summed E-state index contributed by atoms with van der Waals surface area (Å²) in [6.07, 6.45) is 0. The third kappa shape index (κ3) is 3.38. The third-order valence-electron chi connectivity index (χ3n) is 4.10. The van der Waals surface area contributed by atoms with E-state index in [2.05, 4.69) is 10.6 Å². The summed E-state index contributed by atoms with van der Waals surface area (Å²) in [6, 6.07) is 5.00. The van der Waals surface area contributed by atoms with Gasteiger partial charge in [0.2, 0.25) is 12.7 Å². The molecular formula is C16H22N4O4. The number of nitrogens with zero attached hydrogens (tertiary/aromatic N) is 2. The highest BCUT2D eigenvalue weighted by Gasteiger charge is 2.26. The van der Waals surface area contributed by atoms with Crippen LogP contribution in [0.25, 0.3) is 0 Å². The molecule has 8 heteroatoms. The maximum Gasteiger partial charge on any atom is 0.317 e. The Morgan fingerprint density at radius 2 is 2.17 bits per heavy atom. The molecule has 0 aliphatic carbocycles. The van der Waals surface area contributed by atoms with Crippen LogP contribution in [0.15, 0.2) is 18.2 Å². The number of carbonyl (C=O) groups is 2. The summed E-state index contributed by atoms with van der Waals surface area (Å²) in [5.41, 5.74) is 0.834. The first-order chi connectivity index (χ1) is 11.6. The Morgan fingerprint density at radius 1 is 1.38 bits per heavy atom. The molecule has 0 spiro atoms. The Hall–Kier alpha value is -2.48. The molecule has 1 fully saturated rings. The van der Waals surface area contributed by atoms with Crippen LogP contribution in [0.2, 0.25) is 0 Å². The van der Waals surface area contributed by atoms with Crippen molar-refractivity contribution in [2.45, 2.75) is 6.04 Å². The lowest BCUT2D eigenvalue weighted by atomic mass is 10.0. The van der Waals surface area contributed by atoms with Gasteiger partial charge in [0.15, 0.2) is 11.5 Å². The van der Waals surface area contributed by atoms with E-state index in [-0.39, 0.29) is 18.7 Å². The Bertz CT molecular complexity index is 635. The molecule has 1 atom stereocenters. The number of carbonyl (C=O) groups excluding carboxylic acids is 2. The molecule has 0 unspecified atom stereocenters. The van der Waals surface area contributed by atoms with Crippen molar-refractivity contribution >= 4 is 11.9 Å². The smallest absolute Gasteiger partial charge is 0.317 e. The van der Waals surface area contributed by atoms with E-state index >= 15 is 0 Å². The maximum atomic E-state index is 12.6. The van der Waals surface area contributed by atoms with Gasteiger partial charge in [0, 0.05) is 26.2 Å². The van der Waals surface area contributed by atoms with Crippen LogP contribution in [0.5, 0.6) is 11.5 Å². The Morgan fingerprint density at radius 3 is 2.88 bits per heavy atom. The molecule has 3 amide bonds. The zero-order chi connectivity index (χ0) is 17.1. The first-order valence-electron chi connectivity index (χ1n) is 7.93. The van der Waals surface area contributed by atoms with E-state index in [0.29, 0.717) is 37.7 Å². The number of rotatable bonds is 6. The first kappa shape index (κ1) is 16.4. The van der Waals surface area contributed by atoms with Gasteiger partial charge in [-0.2, -0.15) is 0 Å². The Balaban J connectivity index is 1.62. The van der Waals surface area contributed by atoms with Crippen molar-refractivity contribution in [1.29, 1.82) is 0 Å². The first-order valence-corrected chi connectivity index (χ1v) is 7.93. The summed E-state index contributed by atoms with van der Waals surface area (Å²) >= 11 is 0. The molecule has 0 saturated carbocycles. The molecule has 2 heterocycles. The van der Waals surface area contributed by atoms with Crippen molar-refractivity contribution in [2.75, 3.05) is 47.1 Å². The fourth-order valence-electron chi connectivity index (χ4n) is 2.90. The van der Waals surface area contributed by atoms with Crippen LogP contribution in [-0.4, -0.2) is 68.8 Å². The lowest BCUT2D eigenvalue weighted by molar-refractivity contribution is -0.125. The highest BCUT2D eigenvalue weighted by molar-refractivity contribution is 5.83. The third-order valence-corrected chi connectivity index (χ3v) is 4.10. The number of ether oxygens (including phenoxy) is 2. The summed E-state index contributed by atoms with van der Waals surface area (Å²) in [5, 5.41) is 5.64. The molecule has 2 N–H and O–H groups in total. The highest BCUT2D eigenvalue weighted by atomic mass is 16.7. The standard InChI is InChI=1S/C16H22N4O4/c1-19(2)14(11-3-4-12-13(9-11)24-10-23-12)15(21)17-5-7-20-8-6-18-16(20)22/h3-4,9,14H,5-8,10H2,1-2H3,(H,17,21)(H,18,22)/t14-/m0/s1.